The molecule has 0 saturated heterocycles. The number of pyridine rings is 2. The van der Waals surface area contributed by atoms with E-state index in [0.29, 0.717) is 0 Å². The maximum atomic E-state index is 2.49. The van der Waals surface area contributed by atoms with E-state index >= 15 is 0 Å². The van der Waals surface area contributed by atoms with Gasteiger partial charge in [-0.2, -0.15) is 0 Å². The van der Waals surface area contributed by atoms with Crippen molar-refractivity contribution in [1.82, 2.24) is 4.40 Å². The van der Waals surface area contributed by atoms with Gasteiger partial charge in [-0.15, -0.1) is 0 Å². The third kappa shape index (κ3) is 2.37. The van der Waals surface area contributed by atoms with Gasteiger partial charge >= 0.3 is 0 Å². The Hall–Kier alpha value is -4.11. The van der Waals surface area contributed by atoms with Crippen molar-refractivity contribution in [2.75, 3.05) is 11.9 Å². The van der Waals surface area contributed by atoms with E-state index in [1.165, 1.54) is 65.9 Å². The van der Waals surface area contributed by atoms with Gasteiger partial charge in [-0.1, -0.05) is 48.5 Å². The van der Waals surface area contributed by atoms with E-state index in [1.807, 2.05) is 0 Å². The number of aryl methyl sites for hydroxylation is 2. The second kappa shape index (κ2) is 6.46. The standard InChI is InChI=1S/C30H24N3/c1-19-13-14-24-23-11-7-8-12-25(23)33-26-18-22(32(3)21-9-5-4-6-10-21)17-20-15-16-31(2)30(28(20)26)27(19)29(24)33/h4-18H,1-3H3/q+1. The molecule has 7 rings (SSSR count). The average molecular weight is 427 g/mol. The quantitative estimate of drug-likeness (QED) is 0.166. The summed E-state index contributed by atoms with van der Waals surface area (Å²) in [6.07, 6.45) is 2.20. The van der Waals surface area contributed by atoms with E-state index in [-0.39, 0.29) is 0 Å². The van der Waals surface area contributed by atoms with Crippen LogP contribution in [0.1, 0.15) is 5.56 Å². The SMILES string of the molecule is Cc1ccc2c3ccccc3n3c4cc(N(C)c5ccccc5)cc5cc[n+](C)c(c1c23)c54. The Morgan fingerprint density at radius 1 is 0.727 bits per heavy atom. The summed E-state index contributed by atoms with van der Waals surface area (Å²) < 4.78 is 4.78. The highest BCUT2D eigenvalue weighted by Gasteiger charge is 2.24. The van der Waals surface area contributed by atoms with Crippen molar-refractivity contribution >= 4 is 60.4 Å². The first-order chi connectivity index (χ1) is 16.1. The highest BCUT2D eigenvalue weighted by atomic mass is 15.1. The van der Waals surface area contributed by atoms with Crippen LogP contribution in [-0.4, -0.2) is 11.4 Å². The molecule has 0 amide bonds. The third-order valence-electron chi connectivity index (χ3n) is 7.25. The molecule has 0 spiro atoms. The first-order valence-electron chi connectivity index (χ1n) is 11.4. The number of nitrogens with zero attached hydrogens (tertiary/aromatic N) is 3. The van der Waals surface area contributed by atoms with Crippen LogP contribution in [-0.2, 0) is 7.05 Å². The molecule has 3 heteroatoms. The fourth-order valence-electron chi connectivity index (χ4n) is 5.65. The summed E-state index contributed by atoms with van der Waals surface area (Å²) >= 11 is 0. The average Bonchev–Trinajstić information content (AvgIpc) is 3.19. The molecule has 0 bridgehead atoms. The molecule has 4 aromatic carbocycles. The fraction of sp³-hybridized carbons (Fsp3) is 0.100. The number of anilines is 2. The second-order valence-electron chi connectivity index (χ2n) is 9.11. The lowest BCUT2D eigenvalue weighted by Gasteiger charge is -2.21. The van der Waals surface area contributed by atoms with Crippen LogP contribution in [0.3, 0.4) is 0 Å². The van der Waals surface area contributed by atoms with Gasteiger partial charge in [0, 0.05) is 35.3 Å². The number of aromatic nitrogens is 2. The van der Waals surface area contributed by atoms with Crippen molar-refractivity contribution in [3.05, 3.63) is 96.7 Å². The second-order valence-corrected chi connectivity index (χ2v) is 9.11. The zero-order valence-electron chi connectivity index (χ0n) is 19.0. The van der Waals surface area contributed by atoms with E-state index in [1.54, 1.807) is 0 Å². The van der Waals surface area contributed by atoms with Crippen LogP contribution in [0.25, 0.3) is 49.0 Å². The maximum absolute atomic E-state index is 2.49. The van der Waals surface area contributed by atoms with Crippen molar-refractivity contribution in [3.63, 3.8) is 0 Å². The molecule has 33 heavy (non-hydrogen) atoms. The molecule has 0 N–H and O–H groups in total. The lowest BCUT2D eigenvalue weighted by Crippen LogP contribution is -2.29. The Labute approximate surface area is 192 Å². The molecular formula is C30H24N3+. The minimum absolute atomic E-state index is 1.18. The van der Waals surface area contributed by atoms with Crippen LogP contribution in [0.2, 0.25) is 0 Å². The molecule has 0 radical (unpaired) electrons. The summed E-state index contributed by atoms with van der Waals surface area (Å²) in [5.74, 6) is 0. The minimum Gasteiger partial charge on any atom is -0.345 e. The predicted molar refractivity (Wildman–Crippen MR) is 139 cm³/mol. The fourth-order valence-corrected chi connectivity index (χ4v) is 5.65. The maximum Gasteiger partial charge on any atom is 0.224 e. The van der Waals surface area contributed by atoms with Crippen molar-refractivity contribution in [1.29, 1.82) is 0 Å². The summed E-state index contributed by atoms with van der Waals surface area (Å²) in [6.45, 7) is 2.23. The van der Waals surface area contributed by atoms with Crippen LogP contribution in [0.5, 0.6) is 0 Å². The van der Waals surface area contributed by atoms with Gasteiger partial charge in [0.1, 0.15) is 7.05 Å². The number of benzene rings is 4. The summed E-state index contributed by atoms with van der Waals surface area (Å²) in [5.41, 5.74) is 8.80. The van der Waals surface area contributed by atoms with E-state index in [0.717, 1.165) is 0 Å². The van der Waals surface area contributed by atoms with Crippen LogP contribution >= 0.6 is 0 Å². The molecule has 0 saturated carbocycles. The number of fused-ring (bicyclic) bond motifs is 5. The highest BCUT2D eigenvalue weighted by Crippen LogP contribution is 2.42. The van der Waals surface area contributed by atoms with Crippen molar-refractivity contribution in [3.8, 4) is 0 Å². The molecule has 0 fully saturated rings. The van der Waals surface area contributed by atoms with Gasteiger partial charge in [0.25, 0.3) is 0 Å². The van der Waals surface area contributed by atoms with Gasteiger partial charge in [0.15, 0.2) is 6.20 Å². The summed E-state index contributed by atoms with van der Waals surface area (Å²) in [4.78, 5) is 2.28. The van der Waals surface area contributed by atoms with Gasteiger partial charge in [0.2, 0.25) is 5.52 Å². The van der Waals surface area contributed by atoms with Crippen LogP contribution in [0.4, 0.5) is 11.4 Å². The number of hydrogen-bond donors (Lipinski definition) is 0. The van der Waals surface area contributed by atoms with E-state index in [9.17, 15) is 0 Å². The lowest BCUT2D eigenvalue weighted by molar-refractivity contribution is -0.643. The van der Waals surface area contributed by atoms with Crippen molar-refractivity contribution in [2.24, 2.45) is 7.05 Å². The Bertz CT molecular complexity index is 1840. The van der Waals surface area contributed by atoms with E-state index in [2.05, 4.69) is 126 Å². The topological polar surface area (TPSA) is 11.5 Å². The molecule has 3 heterocycles. The van der Waals surface area contributed by atoms with E-state index < -0.39 is 0 Å². The molecular weight excluding hydrogens is 402 g/mol. The predicted octanol–water partition coefficient (Wildman–Crippen LogP) is 6.89. The molecule has 0 atom stereocenters. The van der Waals surface area contributed by atoms with Gasteiger partial charge < -0.3 is 9.30 Å². The van der Waals surface area contributed by atoms with Gasteiger partial charge in [-0.25, -0.2) is 4.57 Å². The lowest BCUT2D eigenvalue weighted by atomic mass is 9.99. The molecule has 3 aromatic heterocycles. The molecule has 0 unspecified atom stereocenters. The Morgan fingerprint density at radius 2 is 1.52 bits per heavy atom. The normalized spacial score (nSPS) is 12.1. The zero-order chi connectivity index (χ0) is 22.3. The highest BCUT2D eigenvalue weighted by molar-refractivity contribution is 6.26. The monoisotopic (exact) mass is 426 g/mol. The third-order valence-corrected chi connectivity index (χ3v) is 7.25. The van der Waals surface area contributed by atoms with Crippen molar-refractivity contribution < 1.29 is 4.57 Å². The van der Waals surface area contributed by atoms with Gasteiger partial charge in [0.05, 0.1) is 27.3 Å². The van der Waals surface area contributed by atoms with Crippen LogP contribution in [0, 0.1) is 6.92 Å². The largest absolute Gasteiger partial charge is 0.345 e. The molecule has 0 aliphatic rings. The summed E-state index contributed by atoms with van der Waals surface area (Å²) in [6, 6.07) is 30.9. The zero-order valence-corrected chi connectivity index (χ0v) is 19.0. The first kappa shape index (κ1) is 18.5. The summed E-state index contributed by atoms with van der Waals surface area (Å²) in [5, 5.41) is 6.54. The number of para-hydroxylation sites is 2. The number of rotatable bonds is 2. The molecule has 158 valence electrons. The first-order valence-corrected chi connectivity index (χ1v) is 11.4. The minimum atomic E-state index is 1.18. The van der Waals surface area contributed by atoms with Gasteiger partial charge in [-0.3, -0.25) is 0 Å². The summed E-state index contributed by atoms with van der Waals surface area (Å²) in [7, 11) is 4.32. The Kier molecular flexibility index (Phi) is 3.61. The van der Waals surface area contributed by atoms with Crippen LogP contribution in [0.15, 0.2) is 91.1 Å². The van der Waals surface area contributed by atoms with Gasteiger partial charge in [-0.05, 0) is 48.2 Å². The molecule has 7 aromatic rings. The van der Waals surface area contributed by atoms with E-state index in [4.69, 9.17) is 0 Å². The number of hydrogen-bond acceptors (Lipinski definition) is 1. The molecule has 0 aliphatic heterocycles. The van der Waals surface area contributed by atoms with Crippen molar-refractivity contribution in [2.45, 2.75) is 6.92 Å². The molecule has 0 aliphatic carbocycles. The Morgan fingerprint density at radius 3 is 2.36 bits per heavy atom. The Balaban J connectivity index is 1.75. The van der Waals surface area contributed by atoms with Crippen LogP contribution < -0.4 is 9.47 Å². The molecule has 3 nitrogen and oxygen atoms in total. The smallest absolute Gasteiger partial charge is 0.224 e.